The number of para-hydroxylation sites is 1. The van der Waals surface area contributed by atoms with Crippen LogP contribution in [0.4, 0.5) is 0 Å². The zero-order chi connectivity index (χ0) is 26.4. The summed E-state index contributed by atoms with van der Waals surface area (Å²) in [5, 5.41) is 13.4. The number of nitrogens with zero attached hydrogens (tertiary/aromatic N) is 2. The number of aromatic nitrogens is 1. The van der Waals surface area contributed by atoms with Gasteiger partial charge >= 0.3 is 0 Å². The molecule has 1 saturated carbocycles. The number of nitrogens with one attached hydrogen (secondary N) is 2. The predicted octanol–water partition coefficient (Wildman–Crippen LogP) is 4.73. The van der Waals surface area contributed by atoms with Crippen molar-refractivity contribution in [3.05, 3.63) is 71.4 Å². The minimum Gasteiger partial charge on any atom is -0.489 e. The molecule has 0 spiro atoms. The van der Waals surface area contributed by atoms with Gasteiger partial charge in [0.25, 0.3) is 11.8 Å². The quantitative estimate of drug-likeness (QED) is 0.221. The highest BCUT2D eigenvalue weighted by Crippen LogP contribution is 2.33. The van der Waals surface area contributed by atoms with E-state index in [0.29, 0.717) is 17.9 Å². The van der Waals surface area contributed by atoms with Crippen molar-refractivity contribution in [2.24, 2.45) is 0 Å². The Labute approximate surface area is 218 Å². The molecule has 0 bridgehead atoms. The van der Waals surface area contributed by atoms with Crippen molar-refractivity contribution in [2.45, 2.75) is 71.2 Å². The molecule has 2 amide bonds. The lowest BCUT2D eigenvalue weighted by Crippen LogP contribution is -2.65. The first-order chi connectivity index (χ1) is 17.8. The van der Waals surface area contributed by atoms with Gasteiger partial charge in [0.2, 0.25) is 0 Å². The lowest BCUT2D eigenvalue weighted by Gasteiger charge is -2.48. The molecule has 1 heterocycles. The van der Waals surface area contributed by atoms with Crippen LogP contribution in [0, 0.1) is 6.92 Å². The third kappa shape index (κ3) is 6.26. The second-order valence-electron chi connectivity index (χ2n) is 10.1. The van der Waals surface area contributed by atoms with Crippen molar-refractivity contribution in [3.8, 4) is 5.75 Å². The molecule has 3 N–H and O–H groups in total. The van der Waals surface area contributed by atoms with E-state index in [2.05, 4.69) is 10.3 Å². The van der Waals surface area contributed by atoms with Gasteiger partial charge in [-0.25, -0.2) is 5.48 Å². The summed E-state index contributed by atoms with van der Waals surface area (Å²) >= 11 is 0. The van der Waals surface area contributed by atoms with Crippen LogP contribution < -0.4 is 15.5 Å². The Morgan fingerprint density at radius 2 is 1.78 bits per heavy atom. The fourth-order valence-electron chi connectivity index (χ4n) is 5.30. The molecule has 0 aliphatic heterocycles. The summed E-state index contributed by atoms with van der Waals surface area (Å²) in [6.45, 7) is 6.36. The molecule has 8 heteroatoms. The van der Waals surface area contributed by atoms with Crippen LogP contribution in [0.1, 0.15) is 67.6 Å². The number of hydroxylamine groups is 1. The van der Waals surface area contributed by atoms with Gasteiger partial charge < -0.3 is 10.1 Å². The van der Waals surface area contributed by atoms with Crippen molar-refractivity contribution in [2.75, 3.05) is 6.54 Å². The highest BCUT2D eigenvalue weighted by molar-refractivity contribution is 5.94. The number of ether oxygens (including phenoxy) is 1. The third-order valence-corrected chi connectivity index (χ3v) is 7.08. The summed E-state index contributed by atoms with van der Waals surface area (Å²) in [7, 11) is 0. The van der Waals surface area contributed by atoms with E-state index in [-0.39, 0.29) is 18.5 Å². The minimum atomic E-state index is -0.647. The van der Waals surface area contributed by atoms with Crippen molar-refractivity contribution in [1.82, 2.24) is 20.7 Å². The normalized spacial score (nSPS) is 15.1. The lowest BCUT2D eigenvalue weighted by atomic mass is 9.86. The van der Waals surface area contributed by atoms with Crippen LogP contribution in [-0.4, -0.2) is 45.2 Å². The van der Waals surface area contributed by atoms with Gasteiger partial charge in [-0.05, 0) is 82.9 Å². The van der Waals surface area contributed by atoms with Crippen molar-refractivity contribution >= 4 is 22.7 Å². The van der Waals surface area contributed by atoms with Crippen LogP contribution in [0.25, 0.3) is 10.9 Å². The standard InChI is InChI=1S/C29H36N4O4/c1-20(2)33(18-27(34)32-36)29(15-7-4-8-16-29)31-28(35)22-11-13-24(14-12-22)37-19-23-17-21(3)30-26-10-6-5-9-25(23)26/h5-6,9-14,17,20,36H,4,7-8,15-16,18-19H2,1-3H3,(H,31,35)(H,32,34). The SMILES string of the molecule is Cc1cc(COc2ccc(C(=O)NC3(N(CC(=O)NO)C(C)C)CCCCC3)cc2)c2ccccc2n1. The lowest BCUT2D eigenvalue weighted by molar-refractivity contribution is -0.134. The Kier molecular flexibility index (Phi) is 8.41. The largest absolute Gasteiger partial charge is 0.489 e. The first kappa shape index (κ1) is 26.6. The average Bonchev–Trinajstić information content (AvgIpc) is 2.90. The Morgan fingerprint density at radius 3 is 2.46 bits per heavy atom. The van der Waals surface area contributed by atoms with E-state index < -0.39 is 11.6 Å². The highest BCUT2D eigenvalue weighted by atomic mass is 16.5. The van der Waals surface area contributed by atoms with E-state index in [1.165, 1.54) is 0 Å². The van der Waals surface area contributed by atoms with Crippen molar-refractivity contribution in [1.29, 1.82) is 0 Å². The predicted molar refractivity (Wildman–Crippen MR) is 142 cm³/mol. The van der Waals surface area contributed by atoms with Gasteiger partial charge in [-0.15, -0.1) is 0 Å². The maximum atomic E-state index is 13.3. The van der Waals surface area contributed by atoms with Gasteiger partial charge in [0.05, 0.1) is 17.7 Å². The molecular formula is C29H36N4O4. The molecule has 0 saturated heterocycles. The van der Waals surface area contributed by atoms with E-state index in [4.69, 9.17) is 9.94 Å². The van der Waals surface area contributed by atoms with Gasteiger partial charge in [0.1, 0.15) is 12.4 Å². The summed E-state index contributed by atoms with van der Waals surface area (Å²) in [5.41, 5.74) is 4.54. The molecule has 37 heavy (non-hydrogen) atoms. The average molecular weight is 505 g/mol. The smallest absolute Gasteiger partial charge is 0.257 e. The zero-order valence-electron chi connectivity index (χ0n) is 21.8. The number of carbonyl (C=O) groups excluding carboxylic acids is 2. The Balaban J connectivity index is 1.47. The van der Waals surface area contributed by atoms with Gasteiger partial charge in [0.15, 0.2) is 0 Å². The Hall–Kier alpha value is -3.49. The maximum absolute atomic E-state index is 13.3. The molecule has 0 radical (unpaired) electrons. The summed E-state index contributed by atoms with van der Waals surface area (Å²) < 4.78 is 6.05. The molecule has 1 aromatic heterocycles. The van der Waals surface area contributed by atoms with E-state index in [9.17, 15) is 9.59 Å². The van der Waals surface area contributed by atoms with Gasteiger partial charge in [-0.3, -0.25) is 24.7 Å². The topological polar surface area (TPSA) is 104 Å². The number of amides is 2. The first-order valence-corrected chi connectivity index (χ1v) is 12.9. The number of carbonyl (C=O) groups is 2. The van der Waals surface area contributed by atoms with E-state index in [1.54, 1.807) is 29.7 Å². The maximum Gasteiger partial charge on any atom is 0.257 e. The monoisotopic (exact) mass is 504 g/mol. The number of hydrogen-bond donors (Lipinski definition) is 3. The molecule has 2 aromatic carbocycles. The molecule has 196 valence electrons. The van der Waals surface area contributed by atoms with Crippen LogP contribution in [0.3, 0.4) is 0 Å². The molecule has 1 aliphatic rings. The fraction of sp³-hybridized carbons (Fsp3) is 0.414. The fourth-order valence-corrected chi connectivity index (χ4v) is 5.30. The zero-order valence-corrected chi connectivity index (χ0v) is 21.8. The van der Waals surface area contributed by atoms with E-state index >= 15 is 0 Å². The van der Waals surface area contributed by atoms with Crippen LogP contribution in [0.5, 0.6) is 5.75 Å². The molecular weight excluding hydrogens is 468 g/mol. The van der Waals surface area contributed by atoms with Gasteiger partial charge in [-0.2, -0.15) is 0 Å². The summed E-state index contributed by atoms with van der Waals surface area (Å²) in [6.07, 6.45) is 4.50. The van der Waals surface area contributed by atoms with E-state index in [1.807, 2.05) is 56.0 Å². The second kappa shape index (κ2) is 11.7. The third-order valence-electron chi connectivity index (χ3n) is 7.08. The Bertz CT molecular complexity index is 1240. The summed E-state index contributed by atoms with van der Waals surface area (Å²) in [4.78, 5) is 31.9. The second-order valence-corrected chi connectivity index (χ2v) is 10.1. The molecule has 0 unspecified atom stereocenters. The van der Waals surface area contributed by atoms with Crippen LogP contribution in [0.2, 0.25) is 0 Å². The molecule has 1 fully saturated rings. The van der Waals surface area contributed by atoms with Gasteiger partial charge in [0, 0.05) is 28.2 Å². The number of fused-ring (bicyclic) bond motifs is 1. The molecule has 1 aliphatic carbocycles. The van der Waals surface area contributed by atoms with Gasteiger partial charge in [-0.1, -0.05) is 24.6 Å². The van der Waals surface area contributed by atoms with Crippen LogP contribution >= 0.6 is 0 Å². The van der Waals surface area contributed by atoms with Crippen LogP contribution in [-0.2, 0) is 11.4 Å². The summed E-state index contributed by atoms with van der Waals surface area (Å²) in [5.74, 6) is -0.0169. The molecule has 8 nitrogen and oxygen atoms in total. The number of aryl methyl sites for hydroxylation is 1. The van der Waals surface area contributed by atoms with E-state index in [0.717, 1.165) is 54.3 Å². The first-order valence-electron chi connectivity index (χ1n) is 12.9. The highest BCUT2D eigenvalue weighted by Gasteiger charge is 2.41. The van der Waals surface area contributed by atoms with Crippen LogP contribution in [0.15, 0.2) is 54.6 Å². The molecule has 4 rings (SSSR count). The number of pyridine rings is 1. The number of benzene rings is 2. The van der Waals surface area contributed by atoms with Crippen molar-refractivity contribution < 1.29 is 19.5 Å². The van der Waals surface area contributed by atoms with Crippen molar-refractivity contribution in [3.63, 3.8) is 0 Å². The number of rotatable bonds is 9. The molecule has 0 atom stereocenters. The summed E-state index contributed by atoms with van der Waals surface area (Å²) in [6, 6.07) is 17.2. The minimum absolute atomic E-state index is 0.000574. The molecule has 3 aromatic rings. The Morgan fingerprint density at radius 1 is 1.08 bits per heavy atom. The number of hydrogen-bond acceptors (Lipinski definition) is 6.